The van der Waals surface area contributed by atoms with Crippen molar-refractivity contribution >= 4 is 0 Å². The van der Waals surface area contributed by atoms with E-state index in [4.69, 9.17) is 9.47 Å². The first-order valence-electron chi connectivity index (χ1n) is 5.69. The first-order chi connectivity index (χ1) is 8.15. The van der Waals surface area contributed by atoms with Crippen molar-refractivity contribution in [1.82, 2.24) is 5.32 Å². The molecule has 0 aliphatic rings. The minimum Gasteiger partial charge on any atom is -0.355 e. The summed E-state index contributed by atoms with van der Waals surface area (Å²) in [4.78, 5) is 0. The molecule has 0 heterocycles. The number of rotatable bonds is 7. The molecule has 17 heavy (non-hydrogen) atoms. The molecule has 0 aromatic heterocycles. The summed E-state index contributed by atoms with van der Waals surface area (Å²) >= 11 is 0. The summed E-state index contributed by atoms with van der Waals surface area (Å²) in [5.74, 6) is -0.201. The van der Waals surface area contributed by atoms with Crippen LogP contribution < -0.4 is 5.32 Å². The monoisotopic (exact) mass is 241 g/mol. The smallest absolute Gasteiger partial charge is 0.169 e. The fourth-order valence-electron chi connectivity index (χ4n) is 1.61. The van der Waals surface area contributed by atoms with Gasteiger partial charge in [-0.3, -0.25) is 0 Å². The van der Waals surface area contributed by atoms with Crippen molar-refractivity contribution in [2.45, 2.75) is 25.7 Å². The fraction of sp³-hybridized carbons (Fsp3) is 0.538. The van der Waals surface area contributed by atoms with E-state index in [0.29, 0.717) is 6.54 Å². The number of hydrogen-bond acceptors (Lipinski definition) is 3. The van der Waals surface area contributed by atoms with Crippen molar-refractivity contribution in [2.75, 3.05) is 20.8 Å². The highest BCUT2D eigenvalue weighted by Gasteiger charge is 2.08. The molecule has 0 fully saturated rings. The van der Waals surface area contributed by atoms with E-state index in [1.165, 1.54) is 12.1 Å². The third kappa shape index (κ3) is 5.26. The Labute approximate surface area is 102 Å². The Bertz CT molecular complexity index is 312. The molecule has 0 saturated carbocycles. The molecule has 0 aliphatic heterocycles. The largest absolute Gasteiger partial charge is 0.355 e. The number of methoxy groups -OCH3 is 2. The molecule has 0 bridgehead atoms. The summed E-state index contributed by atoms with van der Waals surface area (Å²) in [7, 11) is 3.22. The molecule has 1 unspecified atom stereocenters. The van der Waals surface area contributed by atoms with Crippen molar-refractivity contribution in [2.24, 2.45) is 0 Å². The summed E-state index contributed by atoms with van der Waals surface area (Å²) < 4.78 is 22.9. The summed E-state index contributed by atoms with van der Waals surface area (Å²) in [6.07, 6.45) is 0.617. The van der Waals surface area contributed by atoms with Gasteiger partial charge in [-0.1, -0.05) is 12.1 Å². The molecule has 0 saturated heterocycles. The van der Waals surface area contributed by atoms with Crippen molar-refractivity contribution < 1.29 is 13.9 Å². The van der Waals surface area contributed by atoms with Crippen LogP contribution in [0.2, 0.25) is 0 Å². The Balaban J connectivity index is 2.34. The molecule has 1 aromatic rings. The van der Waals surface area contributed by atoms with Gasteiger partial charge in [-0.05, 0) is 31.0 Å². The minimum absolute atomic E-state index is 0.201. The second-order valence-electron chi connectivity index (χ2n) is 4.04. The lowest BCUT2D eigenvalue weighted by Gasteiger charge is -2.18. The van der Waals surface area contributed by atoms with E-state index in [9.17, 15) is 4.39 Å². The molecule has 1 atom stereocenters. The van der Waals surface area contributed by atoms with Crippen LogP contribution in [0.1, 0.15) is 12.5 Å². The summed E-state index contributed by atoms with van der Waals surface area (Å²) in [5.41, 5.74) is 1.11. The zero-order chi connectivity index (χ0) is 12.7. The van der Waals surface area contributed by atoms with Crippen molar-refractivity contribution in [3.05, 3.63) is 35.6 Å². The fourth-order valence-corrected chi connectivity index (χ4v) is 1.61. The van der Waals surface area contributed by atoms with Crippen LogP contribution in [-0.2, 0) is 15.9 Å². The van der Waals surface area contributed by atoms with Crippen LogP contribution in [-0.4, -0.2) is 33.1 Å². The van der Waals surface area contributed by atoms with Crippen LogP contribution in [0, 0.1) is 5.82 Å². The lowest BCUT2D eigenvalue weighted by Crippen LogP contribution is -2.36. The molecule has 1 aromatic carbocycles. The van der Waals surface area contributed by atoms with Gasteiger partial charge in [-0.15, -0.1) is 0 Å². The van der Waals surface area contributed by atoms with Gasteiger partial charge < -0.3 is 14.8 Å². The molecule has 4 heteroatoms. The molecule has 1 N–H and O–H groups in total. The predicted octanol–water partition coefficient (Wildman–Crippen LogP) is 1.97. The predicted molar refractivity (Wildman–Crippen MR) is 65.4 cm³/mol. The van der Waals surface area contributed by atoms with E-state index >= 15 is 0 Å². The van der Waals surface area contributed by atoms with Crippen LogP contribution >= 0.6 is 0 Å². The van der Waals surface area contributed by atoms with Gasteiger partial charge in [0.1, 0.15) is 5.82 Å². The van der Waals surface area contributed by atoms with Crippen molar-refractivity contribution in [3.8, 4) is 0 Å². The zero-order valence-corrected chi connectivity index (χ0v) is 10.6. The van der Waals surface area contributed by atoms with Gasteiger partial charge in [0.15, 0.2) is 6.29 Å². The molecular formula is C13H20FNO2. The van der Waals surface area contributed by atoms with Gasteiger partial charge in [-0.2, -0.15) is 0 Å². The van der Waals surface area contributed by atoms with Crippen LogP contribution in [0.3, 0.4) is 0 Å². The van der Waals surface area contributed by atoms with Crippen LogP contribution in [0.5, 0.6) is 0 Å². The van der Waals surface area contributed by atoms with Crippen LogP contribution in [0.4, 0.5) is 4.39 Å². The van der Waals surface area contributed by atoms with Crippen molar-refractivity contribution in [3.63, 3.8) is 0 Å². The standard InChI is InChI=1S/C13H20FNO2/c1-10(15-9-13(16-2)17-3)8-11-4-6-12(14)7-5-11/h4-7,10,13,15H,8-9H2,1-3H3. The van der Waals surface area contributed by atoms with E-state index in [-0.39, 0.29) is 18.1 Å². The second kappa shape index (κ2) is 7.37. The maximum Gasteiger partial charge on any atom is 0.169 e. The first kappa shape index (κ1) is 14.1. The van der Waals surface area contributed by atoms with Gasteiger partial charge >= 0.3 is 0 Å². The van der Waals surface area contributed by atoms with E-state index < -0.39 is 0 Å². The molecule has 96 valence electrons. The molecule has 1 rings (SSSR count). The number of hydrogen-bond donors (Lipinski definition) is 1. The Morgan fingerprint density at radius 2 is 1.76 bits per heavy atom. The molecule has 0 radical (unpaired) electrons. The molecule has 0 spiro atoms. The van der Waals surface area contributed by atoms with Crippen LogP contribution in [0.25, 0.3) is 0 Å². The molecule has 0 amide bonds. The summed E-state index contributed by atoms with van der Waals surface area (Å²) in [6, 6.07) is 6.85. The molecule has 0 aliphatic carbocycles. The third-order valence-corrected chi connectivity index (χ3v) is 2.61. The Morgan fingerprint density at radius 1 is 1.18 bits per heavy atom. The highest BCUT2D eigenvalue weighted by molar-refractivity contribution is 5.16. The summed E-state index contributed by atoms with van der Waals surface area (Å²) in [5, 5.41) is 3.30. The lowest BCUT2D eigenvalue weighted by atomic mass is 10.1. The Kier molecular flexibility index (Phi) is 6.11. The van der Waals surface area contributed by atoms with E-state index in [0.717, 1.165) is 12.0 Å². The quantitative estimate of drug-likeness (QED) is 0.740. The maximum atomic E-state index is 12.7. The van der Waals surface area contributed by atoms with Gasteiger partial charge in [0.05, 0.1) is 0 Å². The normalized spacial score (nSPS) is 13.0. The number of halogens is 1. The lowest BCUT2D eigenvalue weighted by molar-refractivity contribution is -0.0996. The average molecular weight is 241 g/mol. The number of nitrogens with one attached hydrogen (secondary N) is 1. The minimum atomic E-state index is -0.231. The Morgan fingerprint density at radius 3 is 2.29 bits per heavy atom. The number of ether oxygens (including phenoxy) is 2. The Hall–Kier alpha value is -0.970. The van der Waals surface area contributed by atoms with Crippen molar-refractivity contribution in [1.29, 1.82) is 0 Å². The van der Waals surface area contributed by atoms with Gasteiger partial charge in [0.25, 0.3) is 0 Å². The molecule has 3 nitrogen and oxygen atoms in total. The maximum absolute atomic E-state index is 12.7. The number of benzene rings is 1. The zero-order valence-electron chi connectivity index (χ0n) is 10.6. The van der Waals surface area contributed by atoms with Crippen LogP contribution in [0.15, 0.2) is 24.3 Å². The second-order valence-corrected chi connectivity index (χ2v) is 4.04. The van der Waals surface area contributed by atoms with E-state index in [1.54, 1.807) is 26.4 Å². The highest BCUT2D eigenvalue weighted by Crippen LogP contribution is 2.05. The molecular weight excluding hydrogens is 221 g/mol. The van der Waals surface area contributed by atoms with Gasteiger partial charge in [-0.25, -0.2) is 4.39 Å². The summed E-state index contributed by atoms with van der Waals surface area (Å²) in [6.45, 7) is 2.71. The van der Waals surface area contributed by atoms with E-state index in [2.05, 4.69) is 12.2 Å². The SMILES string of the molecule is COC(CNC(C)Cc1ccc(F)cc1)OC. The topological polar surface area (TPSA) is 30.5 Å². The average Bonchev–Trinajstić information content (AvgIpc) is 2.33. The van der Waals surface area contributed by atoms with Gasteiger partial charge in [0, 0.05) is 26.8 Å². The highest BCUT2D eigenvalue weighted by atomic mass is 19.1. The van der Waals surface area contributed by atoms with Gasteiger partial charge in [0.2, 0.25) is 0 Å². The van der Waals surface area contributed by atoms with E-state index in [1.807, 2.05) is 0 Å². The third-order valence-electron chi connectivity index (χ3n) is 2.61. The first-order valence-corrected chi connectivity index (χ1v) is 5.69.